The van der Waals surface area contributed by atoms with Crippen molar-refractivity contribution in [3.8, 4) is 0 Å². The summed E-state index contributed by atoms with van der Waals surface area (Å²) in [4.78, 5) is 52.5. The maximum Gasteiger partial charge on any atom is 0.343 e. The van der Waals surface area contributed by atoms with Gasteiger partial charge in [-0.15, -0.1) is 0 Å². The van der Waals surface area contributed by atoms with Gasteiger partial charge in [0.15, 0.2) is 0 Å². The zero-order chi connectivity index (χ0) is 28.5. The van der Waals surface area contributed by atoms with Crippen molar-refractivity contribution in [1.82, 2.24) is 5.32 Å². The number of hydrogen-bond acceptors (Lipinski definition) is 7. The summed E-state index contributed by atoms with van der Waals surface area (Å²) in [7, 11) is 0. The number of hydrogen-bond donors (Lipinski definition) is 1. The van der Waals surface area contributed by atoms with Gasteiger partial charge >= 0.3 is 17.9 Å². The first-order chi connectivity index (χ1) is 17.3. The normalized spacial score (nSPS) is 14.0. The van der Waals surface area contributed by atoms with Crippen LogP contribution in [0.15, 0.2) is 0 Å². The number of rotatable bonds is 19. The van der Waals surface area contributed by atoms with Gasteiger partial charge in [-0.2, -0.15) is 0 Å². The van der Waals surface area contributed by atoms with Gasteiger partial charge in [-0.1, -0.05) is 79.1 Å². The van der Waals surface area contributed by atoms with Gasteiger partial charge in [0, 0.05) is 5.92 Å². The van der Waals surface area contributed by atoms with Crippen LogP contribution in [0.2, 0.25) is 0 Å². The minimum Gasteiger partial charge on any atom is -0.464 e. The van der Waals surface area contributed by atoms with E-state index in [1.54, 1.807) is 41.5 Å². The molecule has 0 aliphatic rings. The number of carbonyl (C=O) groups excluding carboxylic acids is 4. The molecule has 0 radical (unpaired) electrons. The van der Waals surface area contributed by atoms with Crippen LogP contribution < -0.4 is 5.32 Å². The molecule has 0 unspecified atom stereocenters. The molecule has 37 heavy (non-hydrogen) atoms. The van der Waals surface area contributed by atoms with Crippen LogP contribution in [0.1, 0.15) is 126 Å². The molecule has 216 valence electrons. The van der Waals surface area contributed by atoms with Crippen LogP contribution in [0, 0.1) is 11.8 Å². The van der Waals surface area contributed by atoms with Crippen molar-refractivity contribution in [2.24, 2.45) is 11.8 Å². The smallest absolute Gasteiger partial charge is 0.343 e. The Kier molecular flexibility index (Phi) is 17.1. The first-order valence-corrected chi connectivity index (χ1v) is 14.2. The first-order valence-electron chi connectivity index (χ1n) is 14.2. The quantitative estimate of drug-likeness (QED) is 0.0965. The SMILES string of the molecule is CCCCCCCCC[C@H](CC(=O)OC(C)(C)C)C(=O)N[C@@](C(=O)OCC)(C(=O)OCCCC)C(C)C. The lowest BCUT2D eigenvalue weighted by Gasteiger charge is -2.34. The van der Waals surface area contributed by atoms with Gasteiger partial charge in [0.25, 0.3) is 0 Å². The highest BCUT2D eigenvalue weighted by molar-refractivity contribution is 6.08. The summed E-state index contributed by atoms with van der Waals surface area (Å²) < 4.78 is 16.1. The van der Waals surface area contributed by atoms with Crippen molar-refractivity contribution in [2.75, 3.05) is 13.2 Å². The molecule has 0 aliphatic carbocycles. The van der Waals surface area contributed by atoms with Gasteiger partial charge in [-0.05, 0) is 46.5 Å². The maximum absolute atomic E-state index is 13.6. The van der Waals surface area contributed by atoms with Crippen molar-refractivity contribution in [1.29, 1.82) is 0 Å². The number of carbonyl (C=O) groups is 4. The molecule has 8 heteroatoms. The van der Waals surface area contributed by atoms with Crippen LogP contribution in [-0.2, 0) is 33.4 Å². The fourth-order valence-corrected chi connectivity index (χ4v) is 4.02. The van der Waals surface area contributed by atoms with Crippen LogP contribution in [0.4, 0.5) is 0 Å². The zero-order valence-corrected chi connectivity index (χ0v) is 24.7. The van der Waals surface area contributed by atoms with Gasteiger partial charge in [0.05, 0.1) is 19.6 Å². The van der Waals surface area contributed by atoms with E-state index in [0.29, 0.717) is 12.8 Å². The minimum absolute atomic E-state index is 0.0464. The monoisotopic (exact) mass is 527 g/mol. The molecule has 0 heterocycles. The number of unbranched alkanes of at least 4 members (excludes halogenated alkanes) is 7. The van der Waals surface area contributed by atoms with E-state index in [0.717, 1.165) is 32.1 Å². The third-order valence-electron chi connectivity index (χ3n) is 6.20. The number of ether oxygens (including phenoxy) is 3. The fraction of sp³-hybridized carbons (Fsp3) is 0.862. The topological polar surface area (TPSA) is 108 Å². The van der Waals surface area contributed by atoms with Crippen molar-refractivity contribution in [2.45, 2.75) is 137 Å². The lowest BCUT2D eigenvalue weighted by molar-refractivity contribution is -0.172. The predicted molar refractivity (Wildman–Crippen MR) is 145 cm³/mol. The highest BCUT2D eigenvalue weighted by Gasteiger charge is 2.53. The van der Waals surface area contributed by atoms with Gasteiger partial charge in [0.2, 0.25) is 11.4 Å². The second-order valence-electron chi connectivity index (χ2n) is 11.1. The van der Waals surface area contributed by atoms with Crippen LogP contribution in [0.5, 0.6) is 0 Å². The van der Waals surface area contributed by atoms with Crippen molar-refractivity contribution >= 4 is 23.8 Å². The van der Waals surface area contributed by atoms with E-state index in [1.165, 1.54) is 19.3 Å². The third-order valence-corrected chi connectivity index (χ3v) is 6.20. The second-order valence-corrected chi connectivity index (χ2v) is 11.1. The van der Waals surface area contributed by atoms with Crippen molar-refractivity contribution < 1.29 is 33.4 Å². The summed E-state index contributed by atoms with van der Waals surface area (Å²) in [5.74, 6) is -4.12. The highest BCUT2D eigenvalue weighted by atomic mass is 16.6. The summed E-state index contributed by atoms with van der Waals surface area (Å²) in [5.41, 5.74) is -2.68. The van der Waals surface area contributed by atoms with E-state index < -0.39 is 46.8 Å². The minimum atomic E-state index is -1.99. The van der Waals surface area contributed by atoms with E-state index in [4.69, 9.17) is 14.2 Å². The average Bonchev–Trinajstić information content (AvgIpc) is 2.79. The lowest BCUT2D eigenvalue weighted by Crippen LogP contribution is -2.65. The molecule has 8 nitrogen and oxygen atoms in total. The standard InChI is InChI=1S/C29H53NO7/c1-9-12-14-15-16-17-18-19-23(21-24(31)37-28(6,7)8)25(32)30-29(22(4)5,26(33)35-11-3)27(34)36-20-13-10-2/h22-23H,9-21H2,1-8H3,(H,30,32)/t23-,29+/m1/s1. The van der Waals surface area contributed by atoms with Crippen LogP contribution in [0.25, 0.3) is 0 Å². The van der Waals surface area contributed by atoms with Gasteiger partial charge in [-0.3, -0.25) is 9.59 Å². The summed E-state index contributed by atoms with van der Waals surface area (Å²) in [6, 6.07) is 0. The summed E-state index contributed by atoms with van der Waals surface area (Å²) in [6.07, 6.45) is 9.22. The predicted octanol–water partition coefficient (Wildman–Crippen LogP) is 5.89. The Morgan fingerprint density at radius 2 is 1.30 bits per heavy atom. The highest BCUT2D eigenvalue weighted by Crippen LogP contribution is 2.25. The molecule has 0 saturated heterocycles. The molecule has 0 saturated carbocycles. The molecule has 0 rings (SSSR count). The van der Waals surface area contributed by atoms with Crippen LogP contribution in [-0.4, -0.2) is 48.2 Å². The van der Waals surface area contributed by atoms with E-state index in [-0.39, 0.29) is 19.6 Å². The molecule has 0 spiro atoms. The van der Waals surface area contributed by atoms with Crippen molar-refractivity contribution in [3.05, 3.63) is 0 Å². The van der Waals surface area contributed by atoms with E-state index >= 15 is 0 Å². The van der Waals surface area contributed by atoms with Crippen LogP contribution in [0.3, 0.4) is 0 Å². The fourth-order valence-electron chi connectivity index (χ4n) is 4.02. The Morgan fingerprint density at radius 1 is 0.757 bits per heavy atom. The first kappa shape index (κ1) is 34.9. The Hall–Kier alpha value is -2.12. The molecule has 0 aromatic heterocycles. The van der Waals surface area contributed by atoms with Gasteiger partial charge in [0.1, 0.15) is 5.60 Å². The molecule has 0 aliphatic heterocycles. The summed E-state index contributed by atoms with van der Waals surface area (Å²) in [6.45, 7) is 14.6. The molecule has 0 aromatic rings. The lowest BCUT2D eigenvalue weighted by atomic mass is 9.84. The van der Waals surface area contributed by atoms with Gasteiger partial charge in [-0.25, -0.2) is 9.59 Å². The Labute approximate surface area is 224 Å². The zero-order valence-electron chi connectivity index (χ0n) is 24.7. The third kappa shape index (κ3) is 13.3. The molecule has 0 fully saturated rings. The number of amides is 1. The molecule has 1 N–H and O–H groups in total. The van der Waals surface area contributed by atoms with Crippen LogP contribution >= 0.6 is 0 Å². The summed E-state index contributed by atoms with van der Waals surface area (Å²) in [5, 5.41) is 2.68. The Morgan fingerprint density at radius 3 is 1.81 bits per heavy atom. The molecular weight excluding hydrogens is 474 g/mol. The molecule has 2 atom stereocenters. The molecule has 1 amide bonds. The molecule has 0 aromatic carbocycles. The Balaban J connectivity index is 5.79. The Bertz CT molecular complexity index is 699. The largest absolute Gasteiger partial charge is 0.464 e. The van der Waals surface area contributed by atoms with Crippen molar-refractivity contribution in [3.63, 3.8) is 0 Å². The number of esters is 3. The van der Waals surface area contributed by atoms with E-state index in [1.807, 2.05) is 6.92 Å². The molecule has 0 bridgehead atoms. The van der Waals surface area contributed by atoms with Gasteiger partial charge < -0.3 is 19.5 Å². The second kappa shape index (κ2) is 18.2. The van der Waals surface area contributed by atoms with E-state index in [2.05, 4.69) is 12.2 Å². The molecular formula is C29H53NO7. The average molecular weight is 528 g/mol. The maximum atomic E-state index is 13.6. The van der Waals surface area contributed by atoms with E-state index in [9.17, 15) is 19.2 Å². The number of nitrogens with one attached hydrogen (secondary N) is 1. The summed E-state index contributed by atoms with van der Waals surface area (Å²) >= 11 is 0.